The van der Waals surface area contributed by atoms with E-state index < -0.39 is 0 Å². The van der Waals surface area contributed by atoms with E-state index in [4.69, 9.17) is 0 Å². The molecule has 1 saturated heterocycles. The topological polar surface area (TPSA) is 15.3 Å². The zero-order chi connectivity index (χ0) is 10.3. The van der Waals surface area contributed by atoms with Crippen LogP contribution in [0.5, 0.6) is 0 Å². The molecular weight excluding hydrogens is 184 g/mol. The van der Waals surface area contributed by atoms with E-state index in [1.165, 1.54) is 51.7 Å². The second-order valence-electron chi connectivity index (χ2n) is 6.03. The standard InChI is InChI=1S/C13H24N2/c1-15-7-6-10(9-15)8-14-13(11-2-3-11)12-4-5-12/h10-14H,2-9H2,1H3. The van der Waals surface area contributed by atoms with Gasteiger partial charge in [0.05, 0.1) is 0 Å². The number of hydrogen-bond donors (Lipinski definition) is 1. The van der Waals surface area contributed by atoms with Crippen LogP contribution in [0, 0.1) is 17.8 Å². The van der Waals surface area contributed by atoms with Gasteiger partial charge in [0.2, 0.25) is 0 Å². The average Bonchev–Trinajstić information content (AvgIpc) is 3.09. The molecule has 1 N–H and O–H groups in total. The van der Waals surface area contributed by atoms with E-state index in [0.717, 1.165) is 23.8 Å². The fourth-order valence-corrected chi connectivity index (χ4v) is 3.12. The van der Waals surface area contributed by atoms with Gasteiger partial charge in [-0.2, -0.15) is 0 Å². The molecule has 1 unspecified atom stereocenters. The first kappa shape index (κ1) is 10.1. The van der Waals surface area contributed by atoms with Crippen molar-refractivity contribution in [2.45, 2.75) is 38.1 Å². The van der Waals surface area contributed by atoms with Gasteiger partial charge in [-0.05, 0) is 70.0 Å². The molecule has 0 aromatic carbocycles. The third-order valence-corrected chi connectivity index (χ3v) is 4.39. The predicted octanol–water partition coefficient (Wildman–Crippen LogP) is 1.72. The van der Waals surface area contributed by atoms with Crippen LogP contribution in [0.15, 0.2) is 0 Å². The predicted molar refractivity (Wildman–Crippen MR) is 62.8 cm³/mol. The van der Waals surface area contributed by atoms with Crippen LogP contribution in [-0.2, 0) is 0 Å². The summed E-state index contributed by atoms with van der Waals surface area (Å²) in [7, 11) is 2.25. The van der Waals surface area contributed by atoms with Crippen molar-refractivity contribution in [3.8, 4) is 0 Å². The molecule has 0 amide bonds. The molecule has 0 aromatic heterocycles. The van der Waals surface area contributed by atoms with E-state index in [9.17, 15) is 0 Å². The molecule has 15 heavy (non-hydrogen) atoms. The van der Waals surface area contributed by atoms with Crippen LogP contribution in [-0.4, -0.2) is 37.6 Å². The smallest absolute Gasteiger partial charge is 0.0124 e. The molecule has 2 heteroatoms. The second kappa shape index (κ2) is 4.06. The fourth-order valence-electron chi connectivity index (χ4n) is 3.12. The van der Waals surface area contributed by atoms with Gasteiger partial charge >= 0.3 is 0 Å². The van der Waals surface area contributed by atoms with Crippen LogP contribution in [0.2, 0.25) is 0 Å². The number of likely N-dealkylation sites (tertiary alicyclic amines) is 1. The normalized spacial score (nSPS) is 32.8. The maximum absolute atomic E-state index is 3.88. The lowest BCUT2D eigenvalue weighted by molar-refractivity contribution is 0.355. The molecule has 2 saturated carbocycles. The zero-order valence-electron chi connectivity index (χ0n) is 9.91. The molecule has 3 rings (SSSR count). The van der Waals surface area contributed by atoms with E-state index in [-0.39, 0.29) is 0 Å². The zero-order valence-corrected chi connectivity index (χ0v) is 9.91. The Balaban J connectivity index is 1.43. The Morgan fingerprint density at radius 1 is 1.13 bits per heavy atom. The van der Waals surface area contributed by atoms with Gasteiger partial charge in [-0.1, -0.05) is 0 Å². The first-order chi connectivity index (χ1) is 7.33. The number of nitrogens with one attached hydrogen (secondary N) is 1. The maximum Gasteiger partial charge on any atom is 0.0124 e. The van der Waals surface area contributed by atoms with Crippen LogP contribution in [0.4, 0.5) is 0 Å². The van der Waals surface area contributed by atoms with Crippen molar-refractivity contribution in [1.82, 2.24) is 10.2 Å². The van der Waals surface area contributed by atoms with Crippen molar-refractivity contribution in [2.24, 2.45) is 17.8 Å². The fraction of sp³-hybridized carbons (Fsp3) is 1.00. The Kier molecular flexibility index (Phi) is 2.73. The molecule has 1 atom stereocenters. The van der Waals surface area contributed by atoms with Crippen molar-refractivity contribution >= 4 is 0 Å². The summed E-state index contributed by atoms with van der Waals surface area (Å²) >= 11 is 0. The van der Waals surface area contributed by atoms with E-state index in [1.54, 1.807) is 0 Å². The Bertz CT molecular complexity index is 209. The summed E-state index contributed by atoms with van der Waals surface area (Å²) in [5.41, 5.74) is 0. The summed E-state index contributed by atoms with van der Waals surface area (Å²) in [5.74, 6) is 3.03. The van der Waals surface area contributed by atoms with Gasteiger partial charge in [0, 0.05) is 12.6 Å². The third-order valence-electron chi connectivity index (χ3n) is 4.39. The highest BCUT2D eigenvalue weighted by Crippen LogP contribution is 2.44. The summed E-state index contributed by atoms with van der Waals surface area (Å²) in [6.45, 7) is 3.90. The molecule has 1 aliphatic heterocycles. The Hall–Kier alpha value is -0.0800. The average molecular weight is 208 g/mol. The van der Waals surface area contributed by atoms with E-state index in [1.807, 2.05) is 0 Å². The molecule has 0 spiro atoms. The monoisotopic (exact) mass is 208 g/mol. The van der Waals surface area contributed by atoms with Crippen LogP contribution in [0.1, 0.15) is 32.1 Å². The highest BCUT2D eigenvalue weighted by Gasteiger charge is 2.41. The Labute approximate surface area is 93.4 Å². The first-order valence-corrected chi connectivity index (χ1v) is 6.75. The van der Waals surface area contributed by atoms with E-state index in [0.29, 0.717) is 0 Å². The largest absolute Gasteiger partial charge is 0.313 e. The molecule has 0 aromatic rings. The highest BCUT2D eigenvalue weighted by molar-refractivity contribution is 4.96. The quantitative estimate of drug-likeness (QED) is 0.740. The Morgan fingerprint density at radius 2 is 1.80 bits per heavy atom. The van der Waals surface area contributed by atoms with Gasteiger partial charge in [-0.3, -0.25) is 0 Å². The van der Waals surface area contributed by atoms with Crippen molar-refractivity contribution in [3.05, 3.63) is 0 Å². The molecule has 2 aliphatic carbocycles. The van der Waals surface area contributed by atoms with Gasteiger partial charge in [0.25, 0.3) is 0 Å². The summed E-state index contributed by atoms with van der Waals surface area (Å²) in [4.78, 5) is 2.47. The molecule has 0 bridgehead atoms. The van der Waals surface area contributed by atoms with Crippen molar-refractivity contribution in [3.63, 3.8) is 0 Å². The summed E-state index contributed by atoms with van der Waals surface area (Å²) in [5, 5.41) is 3.88. The van der Waals surface area contributed by atoms with Crippen LogP contribution in [0.25, 0.3) is 0 Å². The molecule has 3 fully saturated rings. The lowest BCUT2D eigenvalue weighted by Gasteiger charge is -2.20. The number of hydrogen-bond acceptors (Lipinski definition) is 2. The molecule has 2 nitrogen and oxygen atoms in total. The van der Waals surface area contributed by atoms with Crippen molar-refractivity contribution in [2.75, 3.05) is 26.7 Å². The minimum absolute atomic E-state index is 0.899. The van der Waals surface area contributed by atoms with Gasteiger partial charge in [0.1, 0.15) is 0 Å². The minimum Gasteiger partial charge on any atom is -0.313 e. The third kappa shape index (κ3) is 2.54. The summed E-state index contributed by atoms with van der Waals surface area (Å²) < 4.78 is 0. The minimum atomic E-state index is 0.899. The lowest BCUT2D eigenvalue weighted by Crippen LogP contribution is -2.37. The van der Waals surface area contributed by atoms with Gasteiger partial charge in [-0.25, -0.2) is 0 Å². The van der Waals surface area contributed by atoms with Crippen molar-refractivity contribution < 1.29 is 0 Å². The van der Waals surface area contributed by atoms with E-state index >= 15 is 0 Å². The first-order valence-electron chi connectivity index (χ1n) is 6.75. The van der Waals surface area contributed by atoms with Gasteiger partial charge < -0.3 is 10.2 Å². The molecule has 86 valence electrons. The van der Waals surface area contributed by atoms with Crippen molar-refractivity contribution in [1.29, 1.82) is 0 Å². The molecule has 1 heterocycles. The number of nitrogens with zero attached hydrogens (tertiary/aromatic N) is 1. The van der Waals surface area contributed by atoms with Crippen LogP contribution >= 0.6 is 0 Å². The number of rotatable bonds is 5. The highest BCUT2D eigenvalue weighted by atomic mass is 15.1. The van der Waals surface area contributed by atoms with E-state index in [2.05, 4.69) is 17.3 Å². The summed E-state index contributed by atoms with van der Waals surface area (Å²) in [6, 6.07) is 0.899. The van der Waals surface area contributed by atoms with Gasteiger partial charge in [-0.15, -0.1) is 0 Å². The van der Waals surface area contributed by atoms with Gasteiger partial charge in [0.15, 0.2) is 0 Å². The second-order valence-corrected chi connectivity index (χ2v) is 6.03. The summed E-state index contributed by atoms with van der Waals surface area (Å²) in [6.07, 6.45) is 7.40. The lowest BCUT2D eigenvalue weighted by atomic mass is 10.0. The molecule has 0 radical (unpaired) electrons. The SMILES string of the molecule is CN1CCC(CNC(C2CC2)C2CC2)C1. The van der Waals surface area contributed by atoms with Crippen LogP contribution < -0.4 is 5.32 Å². The Morgan fingerprint density at radius 3 is 2.27 bits per heavy atom. The molecule has 3 aliphatic rings. The maximum atomic E-state index is 3.88. The molecular formula is C13H24N2. The van der Waals surface area contributed by atoms with Crippen LogP contribution in [0.3, 0.4) is 0 Å².